The molecule has 1 amide bonds. The fraction of sp³-hybridized carbons (Fsp3) is 0.462. The Balaban J connectivity index is 2.85. The van der Waals surface area contributed by atoms with E-state index >= 15 is 0 Å². The molecule has 0 aliphatic rings. The molecule has 0 fully saturated rings. The van der Waals surface area contributed by atoms with Crippen molar-refractivity contribution in [3.8, 4) is 0 Å². The van der Waals surface area contributed by atoms with Crippen molar-refractivity contribution in [1.29, 1.82) is 0 Å². The smallest absolute Gasteiger partial charge is 0.238 e. The first kappa shape index (κ1) is 16.6. The van der Waals surface area contributed by atoms with Gasteiger partial charge in [-0.2, -0.15) is 0 Å². The topological polar surface area (TPSA) is 75.3 Å². The SMILES string of the molecule is CC(C)(C)NCC(=O)Nc1cc(S(C)(=O)=O)ccc1F. The molecule has 20 heavy (non-hydrogen) atoms. The third kappa shape index (κ3) is 5.26. The number of halogens is 1. The molecule has 0 aliphatic carbocycles. The van der Waals surface area contributed by atoms with Gasteiger partial charge in [0.05, 0.1) is 17.1 Å². The summed E-state index contributed by atoms with van der Waals surface area (Å²) in [6.45, 7) is 5.69. The minimum atomic E-state index is -3.45. The summed E-state index contributed by atoms with van der Waals surface area (Å²) in [5.41, 5.74) is -0.390. The summed E-state index contributed by atoms with van der Waals surface area (Å²) in [6.07, 6.45) is 1.02. The van der Waals surface area contributed by atoms with Gasteiger partial charge in [0.15, 0.2) is 9.84 Å². The highest BCUT2D eigenvalue weighted by Gasteiger charge is 2.15. The highest BCUT2D eigenvalue weighted by molar-refractivity contribution is 7.90. The zero-order valence-corrected chi connectivity index (χ0v) is 12.8. The van der Waals surface area contributed by atoms with Crippen molar-refractivity contribution in [3.63, 3.8) is 0 Å². The van der Waals surface area contributed by atoms with E-state index in [1.165, 1.54) is 0 Å². The maximum atomic E-state index is 13.6. The van der Waals surface area contributed by atoms with Crippen LogP contribution in [-0.4, -0.2) is 32.7 Å². The van der Waals surface area contributed by atoms with Crippen LogP contribution in [0, 0.1) is 5.82 Å². The first-order valence-corrected chi connectivity index (χ1v) is 7.93. The van der Waals surface area contributed by atoms with Gasteiger partial charge in [-0.25, -0.2) is 12.8 Å². The molecular formula is C13H19FN2O3S. The summed E-state index contributed by atoms with van der Waals surface area (Å²) in [5.74, 6) is -1.12. The van der Waals surface area contributed by atoms with Crippen LogP contribution in [0.3, 0.4) is 0 Å². The fourth-order valence-electron chi connectivity index (χ4n) is 1.37. The van der Waals surface area contributed by atoms with E-state index in [9.17, 15) is 17.6 Å². The summed E-state index contributed by atoms with van der Waals surface area (Å²) in [7, 11) is -3.45. The van der Waals surface area contributed by atoms with Crippen molar-refractivity contribution in [1.82, 2.24) is 5.32 Å². The van der Waals surface area contributed by atoms with Crippen molar-refractivity contribution in [2.24, 2.45) is 0 Å². The zero-order valence-electron chi connectivity index (χ0n) is 12.0. The van der Waals surface area contributed by atoms with Crippen LogP contribution in [0.1, 0.15) is 20.8 Å². The second-order valence-electron chi connectivity index (χ2n) is 5.57. The third-order valence-corrected chi connectivity index (χ3v) is 3.53. The standard InChI is InChI=1S/C13H19FN2O3S/c1-13(2,3)15-8-12(17)16-11-7-9(20(4,18)19)5-6-10(11)14/h5-7,15H,8H2,1-4H3,(H,16,17). The number of sulfone groups is 1. The van der Waals surface area contributed by atoms with Gasteiger partial charge in [0, 0.05) is 11.8 Å². The summed E-state index contributed by atoms with van der Waals surface area (Å²) in [5, 5.41) is 5.31. The lowest BCUT2D eigenvalue weighted by atomic mass is 10.1. The fourth-order valence-corrected chi connectivity index (χ4v) is 2.02. The van der Waals surface area contributed by atoms with Crippen LogP contribution in [0.2, 0.25) is 0 Å². The average molecular weight is 302 g/mol. The number of amides is 1. The van der Waals surface area contributed by atoms with Crippen LogP contribution >= 0.6 is 0 Å². The van der Waals surface area contributed by atoms with E-state index in [-0.39, 0.29) is 22.7 Å². The van der Waals surface area contributed by atoms with E-state index in [1.807, 2.05) is 20.8 Å². The molecule has 0 heterocycles. The van der Waals surface area contributed by atoms with Gasteiger partial charge < -0.3 is 10.6 Å². The molecule has 0 aliphatic heterocycles. The number of hydrogen-bond acceptors (Lipinski definition) is 4. The quantitative estimate of drug-likeness (QED) is 0.828. The molecule has 0 saturated heterocycles. The molecular weight excluding hydrogens is 283 g/mol. The highest BCUT2D eigenvalue weighted by atomic mass is 32.2. The van der Waals surface area contributed by atoms with E-state index < -0.39 is 21.6 Å². The van der Waals surface area contributed by atoms with E-state index in [2.05, 4.69) is 10.6 Å². The maximum Gasteiger partial charge on any atom is 0.238 e. The van der Waals surface area contributed by atoms with E-state index in [0.29, 0.717) is 0 Å². The second-order valence-corrected chi connectivity index (χ2v) is 7.58. The molecule has 0 spiro atoms. The Morgan fingerprint density at radius 2 is 1.90 bits per heavy atom. The summed E-state index contributed by atoms with van der Waals surface area (Å²) < 4.78 is 36.3. The Labute approximate surface area is 118 Å². The van der Waals surface area contributed by atoms with Gasteiger partial charge in [0.25, 0.3) is 0 Å². The van der Waals surface area contributed by atoms with Crippen molar-refractivity contribution >= 4 is 21.4 Å². The molecule has 0 unspecified atom stereocenters. The van der Waals surface area contributed by atoms with Gasteiger partial charge in [-0.15, -0.1) is 0 Å². The Hall–Kier alpha value is -1.47. The van der Waals surface area contributed by atoms with E-state index in [4.69, 9.17) is 0 Å². The largest absolute Gasteiger partial charge is 0.322 e. The van der Waals surface area contributed by atoms with Gasteiger partial charge in [-0.3, -0.25) is 4.79 Å². The Morgan fingerprint density at radius 1 is 1.30 bits per heavy atom. The monoisotopic (exact) mass is 302 g/mol. The number of carbonyl (C=O) groups excluding carboxylic acids is 1. The number of hydrogen-bond donors (Lipinski definition) is 2. The minimum Gasteiger partial charge on any atom is -0.322 e. The van der Waals surface area contributed by atoms with Crippen LogP contribution < -0.4 is 10.6 Å². The molecule has 0 bridgehead atoms. The highest BCUT2D eigenvalue weighted by Crippen LogP contribution is 2.19. The lowest BCUT2D eigenvalue weighted by Crippen LogP contribution is -2.41. The Morgan fingerprint density at radius 3 is 2.40 bits per heavy atom. The van der Waals surface area contributed by atoms with Crippen molar-refractivity contribution in [2.45, 2.75) is 31.2 Å². The number of anilines is 1. The number of carbonyl (C=O) groups is 1. The first-order valence-electron chi connectivity index (χ1n) is 6.03. The van der Waals surface area contributed by atoms with Crippen LogP contribution in [0.5, 0.6) is 0 Å². The number of benzene rings is 1. The summed E-state index contributed by atoms with van der Waals surface area (Å²) in [4.78, 5) is 11.6. The number of rotatable bonds is 4. The maximum absolute atomic E-state index is 13.6. The molecule has 1 aromatic carbocycles. The molecule has 1 aromatic rings. The lowest BCUT2D eigenvalue weighted by molar-refractivity contribution is -0.115. The van der Waals surface area contributed by atoms with Gasteiger partial charge in [0.1, 0.15) is 5.82 Å². The lowest BCUT2D eigenvalue weighted by Gasteiger charge is -2.20. The normalized spacial score (nSPS) is 12.2. The van der Waals surface area contributed by atoms with E-state index in [0.717, 1.165) is 24.5 Å². The van der Waals surface area contributed by atoms with Gasteiger partial charge in [-0.05, 0) is 39.0 Å². The summed E-state index contributed by atoms with van der Waals surface area (Å²) >= 11 is 0. The first-order chi connectivity index (χ1) is 8.99. The number of nitrogens with one attached hydrogen (secondary N) is 2. The molecule has 0 saturated carbocycles. The van der Waals surface area contributed by atoms with Crippen molar-refractivity contribution < 1.29 is 17.6 Å². The molecule has 7 heteroatoms. The van der Waals surface area contributed by atoms with Gasteiger partial charge in [-0.1, -0.05) is 0 Å². The van der Waals surface area contributed by atoms with Crippen LogP contribution in [0.15, 0.2) is 23.1 Å². The Kier molecular flexibility index (Phi) is 4.88. The average Bonchev–Trinajstić information content (AvgIpc) is 2.27. The molecule has 0 aromatic heterocycles. The Bertz CT molecular complexity index is 607. The third-order valence-electron chi connectivity index (χ3n) is 2.42. The molecule has 5 nitrogen and oxygen atoms in total. The molecule has 112 valence electrons. The van der Waals surface area contributed by atoms with Crippen LogP contribution in [-0.2, 0) is 14.6 Å². The van der Waals surface area contributed by atoms with Gasteiger partial charge >= 0.3 is 0 Å². The predicted octanol–water partition coefficient (Wildman–Crippen LogP) is 1.56. The second kappa shape index (κ2) is 5.88. The van der Waals surface area contributed by atoms with Crippen molar-refractivity contribution in [3.05, 3.63) is 24.0 Å². The predicted molar refractivity (Wildman–Crippen MR) is 75.9 cm³/mol. The molecule has 0 radical (unpaired) electrons. The van der Waals surface area contributed by atoms with Crippen molar-refractivity contribution in [2.75, 3.05) is 18.1 Å². The molecule has 2 N–H and O–H groups in total. The van der Waals surface area contributed by atoms with Crippen LogP contribution in [0.4, 0.5) is 10.1 Å². The van der Waals surface area contributed by atoms with E-state index in [1.54, 1.807) is 0 Å². The molecule has 0 atom stereocenters. The summed E-state index contributed by atoms with van der Waals surface area (Å²) in [6, 6.07) is 3.29. The van der Waals surface area contributed by atoms with Gasteiger partial charge in [0.2, 0.25) is 5.91 Å². The minimum absolute atomic E-state index is 0.00599. The zero-order chi connectivity index (χ0) is 15.6. The van der Waals surface area contributed by atoms with Crippen LogP contribution in [0.25, 0.3) is 0 Å². The molecule has 1 rings (SSSR count).